The molecule has 1 saturated heterocycles. The van der Waals surface area contributed by atoms with Crippen LogP contribution in [0.15, 0.2) is 28.8 Å². The largest absolute Gasteiger partial charge is 0.381 e. The van der Waals surface area contributed by atoms with E-state index in [2.05, 4.69) is 36.1 Å². The van der Waals surface area contributed by atoms with Crippen LogP contribution >= 0.6 is 11.6 Å². The van der Waals surface area contributed by atoms with Gasteiger partial charge in [-0.15, -0.1) is 0 Å². The predicted octanol–water partition coefficient (Wildman–Crippen LogP) is 4.02. The minimum Gasteiger partial charge on any atom is -0.381 e. The summed E-state index contributed by atoms with van der Waals surface area (Å²) in [7, 11) is 0. The van der Waals surface area contributed by atoms with Gasteiger partial charge in [0.15, 0.2) is 5.82 Å². The van der Waals surface area contributed by atoms with E-state index in [4.69, 9.17) is 20.9 Å². The van der Waals surface area contributed by atoms with Gasteiger partial charge in [-0.25, -0.2) is 0 Å². The second-order valence-corrected chi connectivity index (χ2v) is 6.75. The smallest absolute Gasteiger partial charge is 0.237 e. The second kappa shape index (κ2) is 6.39. The second-order valence-electron chi connectivity index (χ2n) is 6.32. The van der Waals surface area contributed by atoms with Gasteiger partial charge in [0.1, 0.15) is 0 Å². The van der Waals surface area contributed by atoms with Gasteiger partial charge in [0.05, 0.1) is 5.41 Å². The Morgan fingerprint density at radius 3 is 2.50 bits per heavy atom. The van der Waals surface area contributed by atoms with E-state index in [9.17, 15) is 0 Å². The maximum absolute atomic E-state index is 6.03. The zero-order valence-electron chi connectivity index (χ0n) is 13.0. The molecule has 0 bridgehead atoms. The Kier molecular flexibility index (Phi) is 4.50. The molecule has 1 aromatic carbocycles. The van der Waals surface area contributed by atoms with Gasteiger partial charge in [-0.1, -0.05) is 42.7 Å². The molecule has 0 radical (unpaired) electrons. The Morgan fingerprint density at radius 1 is 1.18 bits per heavy atom. The van der Waals surface area contributed by atoms with E-state index in [1.165, 1.54) is 5.56 Å². The summed E-state index contributed by atoms with van der Waals surface area (Å²) < 4.78 is 11.2. The lowest BCUT2D eigenvalue weighted by Crippen LogP contribution is -2.35. The van der Waals surface area contributed by atoms with E-state index in [0.29, 0.717) is 25.0 Å². The SMILES string of the molecule is CC(C)Cc1noc(C2(c3ccc(Cl)cc3)CCOCC2)n1. The summed E-state index contributed by atoms with van der Waals surface area (Å²) in [5.41, 5.74) is 0.908. The van der Waals surface area contributed by atoms with Crippen molar-refractivity contribution in [2.75, 3.05) is 13.2 Å². The highest BCUT2D eigenvalue weighted by Gasteiger charge is 2.41. The molecule has 2 heterocycles. The molecule has 2 aromatic rings. The summed E-state index contributed by atoms with van der Waals surface area (Å²) in [5.74, 6) is 1.99. The molecule has 3 rings (SSSR count). The number of aromatic nitrogens is 2. The fraction of sp³-hybridized carbons (Fsp3) is 0.529. The number of halogens is 1. The van der Waals surface area contributed by atoms with Gasteiger partial charge in [-0.3, -0.25) is 0 Å². The Labute approximate surface area is 135 Å². The lowest BCUT2D eigenvalue weighted by Gasteiger charge is -2.34. The fourth-order valence-corrected chi connectivity index (χ4v) is 3.14. The topological polar surface area (TPSA) is 48.2 Å². The molecule has 118 valence electrons. The third kappa shape index (κ3) is 3.03. The van der Waals surface area contributed by atoms with Crippen molar-refractivity contribution in [3.8, 4) is 0 Å². The van der Waals surface area contributed by atoms with Gasteiger partial charge in [-0.05, 0) is 36.5 Å². The maximum Gasteiger partial charge on any atom is 0.237 e. The lowest BCUT2D eigenvalue weighted by atomic mass is 9.74. The average Bonchev–Trinajstić information content (AvgIpc) is 2.97. The van der Waals surface area contributed by atoms with Crippen LogP contribution in [-0.2, 0) is 16.6 Å². The van der Waals surface area contributed by atoms with Gasteiger partial charge in [0.2, 0.25) is 5.89 Å². The first-order valence-electron chi connectivity index (χ1n) is 7.77. The zero-order chi connectivity index (χ0) is 15.6. The molecule has 0 aliphatic carbocycles. The van der Waals surface area contributed by atoms with Crippen molar-refractivity contribution in [3.63, 3.8) is 0 Å². The summed E-state index contributed by atoms with van der Waals surface area (Å²) in [5, 5.41) is 4.90. The van der Waals surface area contributed by atoms with Crippen LogP contribution in [0.1, 0.15) is 44.0 Å². The quantitative estimate of drug-likeness (QED) is 0.853. The molecule has 0 atom stereocenters. The minimum absolute atomic E-state index is 0.259. The molecule has 0 unspecified atom stereocenters. The van der Waals surface area contributed by atoms with E-state index in [1.54, 1.807) is 0 Å². The Hall–Kier alpha value is -1.39. The highest BCUT2D eigenvalue weighted by Crippen LogP contribution is 2.40. The van der Waals surface area contributed by atoms with Crippen LogP contribution in [-0.4, -0.2) is 23.4 Å². The third-order valence-corrected chi connectivity index (χ3v) is 4.46. The predicted molar refractivity (Wildman–Crippen MR) is 85.1 cm³/mol. The van der Waals surface area contributed by atoms with Crippen molar-refractivity contribution < 1.29 is 9.26 Å². The number of hydrogen-bond acceptors (Lipinski definition) is 4. The summed E-state index contributed by atoms with van der Waals surface area (Å²) in [6.07, 6.45) is 2.52. The Morgan fingerprint density at radius 2 is 1.86 bits per heavy atom. The molecular weight excluding hydrogens is 300 g/mol. The van der Waals surface area contributed by atoms with E-state index >= 15 is 0 Å². The van der Waals surface area contributed by atoms with Crippen molar-refractivity contribution >= 4 is 11.6 Å². The molecule has 0 N–H and O–H groups in total. The van der Waals surface area contributed by atoms with Gasteiger partial charge in [0.25, 0.3) is 0 Å². The normalized spacial score (nSPS) is 17.8. The molecular formula is C17H21ClN2O2. The Bertz CT molecular complexity index is 616. The van der Waals surface area contributed by atoms with Crippen LogP contribution in [0.25, 0.3) is 0 Å². The fourth-order valence-electron chi connectivity index (χ4n) is 3.01. The van der Waals surface area contributed by atoms with E-state index in [1.807, 2.05) is 12.1 Å². The van der Waals surface area contributed by atoms with E-state index < -0.39 is 0 Å². The molecule has 22 heavy (non-hydrogen) atoms. The van der Waals surface area contributed by atoms with Gasteiger partial charge < -0.3 is 9.26 Å². The first-order valence-corrected chi connectivity index (χ1v) is 8.15. The summed E-state index contributed by atoms with van der Waals surface area (Å²) in [6, 6.07) is 7.94. The lowest BCUT2D eigenvalue weighted by molar-refractivity contribution is 0.0523. The molecule has 5 heteroatoms. The highest BCUT2D eigenvalue weighted by molar-refractivity contribution is 6.30. The van der Waals surface area contributed by atoms with Crippen molar-refractivity contribution in [3.05, 3.63) is 46.6 Å². The molecule has 0 amide bonds. The van der Waals surface area contributed by atoms with Crippen LogP contribution in [0.2, 0.25) is 5.02 Å². The minimum atomic E-state index is -0.259. The molecule has 1 aliphatic rings. The molecule has 1 aliphatic heterocycles. The van der Waals surface area contributed by atoms with E-state index in [-0.39, 0.29) is 5.41 Å². The van der Waals surface area contributed by atoms with Crippen molar-refractivity contribution in [1.29, 1.82) is 0 Å². The van der Waals surface area contributed by atoms with Crippen LogP contribution in [0, 0.1) is 5.92 Å². The van der Waals surface area contributed by atoms with Gasteiger partial charge in [-0.2, -0.15) is 4.98 Å². The third-order valence-electron chi connectivity index (χ3n) is 4.21. The standard InChI is InChI=1S/C17H21ClN2O2/c1-12(2)11-15-19-16(22-20-15)17(7-9-21-10-8-17)13-3-5-14(18)6-4-13/h3-6,12H,7-11H2,1-2H3. The van der Waals surface area contributed by atoms with Crippen LogP contribution in [0.4, 0.5) is 0 Å². The first kappa shape index (κ1) is 15.5. The van der Waals surface area contributed by atoms with E-state index in [0.717, 1.165) is 30.1 Å². The molecule has 4 nitrogen and oxygen atoms in total. The van der Waals surface area contributed by atoms with Gasteiger partial charge in [0, 0.05) is 24.7 Å². The monoisotopic (exact) mass is 320 g/mol. The molecule has 1 fully saturated rings. The number of benzene rings is 1. The van der Waals surface area contributed by atoms with Crippen LogP contribution in [0.3, 0.4) is 0 Å². The molecule has 1 aromatic heterocycles. The Balaban J connectivity index is 1.98. The molecule has 0 saturated carbocycles. The van der Waals surface area contributed by atoms with Crippen molar-refractivity contribution in [2.24, 2.45) is 5.92 Å². The summed E-state index contributed by atoms with van der Waals surface area (Å²) >= 11 is 6.03. The summed E-state index contributed by atoms with van der Waals surface area (Å²) in [6.45, 7) is 5.70. The van der Waals surface area contributed by atoms with Crippen molar-refractivity contribution in [1.82, 2.24) is 10.1 Å². The maximum atomic E-state index is 6.03. The highest BCUT2D eigenvalue weighted by atomic mass is 35.5. The van der Waals surface area contributed by atoms with Crippen molar-refractivity contribution in [2.45, 2.75) is 38.5 Å². The number of hydrogen-bond donors (Lipinski definition) is 0. The van der Waals surface area contributed by atoms with Gasteiger partial charge >= 0.3 is 0 Å². The zero-order valence-corrected chi connectivity index (χ0v) is 13.8. The number of rotatable bonds is 4. The average molecular weight is 321 g/mol. The number of nitrogens with zero attached hydrogens (tertiary/aromatic N) is 2. The van der Waals surface area contributed by atoms with Crippen LogP contribution < -0.4 is 0 Å². The number of ether oxygens (including phenoxy) is 1. The first-order chi connectivity index (χ1) is 10.6. The molecule has 0 spiro atoms. The summed E-state index contributed by atoms with van der Waals surface area (Å²) in [4.78, 5) is 4.68. The van der Waals surface area contributed by atoms with Crippen LogP contribution in [0.5, 0.6) is 0 Å².